The maximum absolute atomic E-state index is 11.1. The molecule has 0 amide bonds. The number of hydrogen-bond acceptors (Lipinski definition) is 6. The lowest BCUT2D eigenvalue weighted by Gasteiger charge is -2.42. The average molecular weight is 803 g/mol. The van der Waals surface area contributed by atoms with Crippen LogP contribution in [-0.4, -0.2) is 9.85 Å². The van der Waals surface area contributed by atoms with Gasteiger partial charge in [0.15, 0.2) is 0 Å². The van der Waals surface area contributed by atoms with Gasteiger partial charge in [-0.05, 0) is 103 Å². The Bertz CT molecular complexity index is 1740. The summed E-state index contributed by atoms with van der Waals surface area (Å²) in [5.74, 6) is 5.07. The van der Waals surface area contributed by atoms with Crippen molar-refractivity contribution >= 4 is 11.4 Å². The lowest BCUT2D eigenvalue weighted by atomic mass is 9.62. The summed E-state index contributed by atoms with van der Waals surface area (Å²) in [5, 5.41) is 22.2. The average Bonchev–Trinajstić information content (AvgIpc) is 3.26. The quantitative estimate of drug-likeness (QED) is 0.0420. The molecule has 2 aliphatic carbocycles. The van der Waals surface area contributed by atoms with Gasteiger partial charge in [0.1, 0.15) is 23.0 Å². The van der Waals surface area contributed by atoms with Crippen molar-refractivity contribution < 1.29 is 19.3 Å². The van der Waals surface area contributed by atoms with E-state index in [-0.39, 0.29) is 16.8 Å². The molecule has 0 radical (unpaired) electrons. The van der Waals surface area contributed by atoms with E-state index in [1.165, 1.54) is 164 Å². The van der Waals surface area contributed by atoms with Gasteiger partial charge in [0.2, 0.25) is 0 Å². The number of rotatable bonds is 23. The van der Waals surface area contributed by atoms with Crippen molar-refractivity contribution in [2.45, 2.75) is 154 Å². The number of nitro benzene ring substituents is 2. The second-order valence-corrected chi connectivity index (χ2v) is 17.6. The van der Waals surface area contributed by atoms with E-state index in [1.807, 2.05) is 24.3 Å². The third-order valence-electron chi connectivity index (χ3n) is 13.5. The molecule has 0 saturated heterocycles. The normalized spacial score (nSPS) is 18.0. The Labute approximate surface area is 352 Å². The molecule has 0 bridgehead atoms. The van der Waals surface area contributed by atoms with Crippen LogP contribution < -0.4 is 9.47 Å². The molecule has 4 aromatic rings. The summed E-state index contributed by atoms with van der Waals surface area (Å²) in [6, 6.07) is 29.1. The number of unbranched alkanes of at least 4 members (excludes halogenated alkanes) is 10. The second-order valence-electron chi connectivity index (χ2n) is 17.6. The lowest BCUT2D eigenvalue weighted by Crippen LogP contribution is -2.33. The van der Waals surface area contributed by atoms with Gasteiger partial charge < -0.3 is 9.47 Å². The number of ether oxygens (including phenoxy) is 2. The number of hydrogen-bond donors (Lipinski definition) is 0. The molecule has 316 valence electrons. The molecule has 6 rings (SSSR count). The van der Waals surface area contributed by atoms with Gasteiger partial charge in [-0.2, -0.15) is 0 Å². The molecule has 2 aliphatic rings. The largest absolute Gasteiger partial charge is 0.457 e. The number of nitro groups is 2. The minimum absolute atomic E-state index is 0.0341. The summed E-state index contributed by atoms with van der Waals surface area (Å²) in [4.78, 5) is 21.4. The minimum atomic E-state index is -0.410. The number of non-ortho nitro benzene ring substituents is 2. The fraction of sp³-hybridized carbons (Fsp3) is 0.529. The molecular formula is C51H66N2O6. The summed E-state index contributed by atoms with van der Waals surface area (Å²) in [6.45, 7) is 2.29. The van der Waals surface area contributed by atoms with E-state index in [0.717, 1.165) is 30.6 Å². The predicted molar refractivity (Wildman–Crippen MR) is 238 cm³/mol. The van der Waals surface area contributed by atoms with Crippen molar-refractivity contribution in [3.8, 4) is 23.0 Å². The van der Waals surface area contributed by atoms with Gasteiger partial charge in [0.05, 0.1) is 9.85 Å². The van der Waals surface area contributed by atoms with Gasteiger partial charge in [0.25, 0.3) is 11.4 Å². The molecule has 8 nitrogen and oxygen atoms in total. The van der Waals surface area contributed by atoms with Gasteiger partial charge in [-0.3, -0.25) is 20.2 Å². The first-order valence-electron chi connectivity index (χ1n) is 22.9. The van der Waals surface area contributed by atoms with Crippen LogP contribution in [0.25, 0.3) is 0 Å². The highest BCUT2D eigenvalue weighted by Crippen LogP contribution is 2.49. The van der Waals surface area contributed by atoms with Crippen LogP contribution >= 0.6 is 0 Å². The van der Waals surface area contributed by atoms with Crippen LogP contribution in [0, 0.1) is 38.0 Å². The summed E-state index contributed by atoms with van der Waals surface area (Å²) in [7, 11) is 0. The van der Waals surface area contributed by atoms with E-state index < -0.39 is 9.85 Å². The van der Waals surface area contributed by atoms with Crippen LogP contribution in [0.5, 0.6) is 23.0 Å². The van der Waals surface area contributed by atoms with Crippen LogP contribution in [0.2, 0.25) is 0 Å². The highest BCUT2D eigenvalue weighted by molar-refractivity contribution is 5.46. The highest BCUT2D eigenvalue weighted by atomic mass is 16.6. The Morgan fingerprint density at radius 3 is 1.15 bits per heavy atom. The van der Waals surface area contributed by atoms with Crippen molar-refractivity contribution in [1.29, 1.82) is 0 Å². The molecule has 8 heteroatoms. The van der Waals surface area contributed by atoms with Crippen molar-refractivity contribution in [3.63, 3.8) is 0 Å². The lowest BCUT2D eigenvalue weighted by molar-refractivity contribution is -0.385. The topological polar surface area (TPSA) is 105 Å². The SMILES string of the molecule is CCCCCCCCCCCCC[C@H]1CC[C@H](CCC2CCC(c3ccc(Oc4ccc([N+](=O)[O-])cc4)cc3)(c3ccc(Oc4ccc([N+](=O)[O-])cc4)cc3)CC2)CC1. The van der Waals surface area contributed by atoms with E-state index in [0.29, 0.717) is 23.0 Å². The Kier molecular flexibility index (Phi) is 16.8. The molecule has 0 atom stereocenters. The molecule has 0 spiro atoms. The molecule has 59 heavy (non-hydrogen) atoms. The molecule has 0 aliphatic heterocycles. The Balaban J connectivity index is 0.999. The zero-order valence-corrected chi connectivity index (χ0v) is 35.4. The third kappa shape index (κ3) is 13.1. The maximum Gasteiger partial charge on any atom is 0.269 e. The minimum Gasteiger partial charge on any atom is -0.457 e. The number of nitrogens with zero attached hydrogens (tertiary/aromatic N) is 2. The summed E-state index contributed by atoms with van der Waals surface area (Å²) in [5.41, 5.74) is 2.43. The molecule has 0 unspecified atom stereocenters. The fourth-order valence-electron chi connectivity index (χ4n) is 9.81. The molecule has 2 saturated carbocycles. The van der Waals surface area contributed by atoms with Crippen LogP contribution in [0.1, 0.15) is 159 Å². The van der Waals surface area contributed by atoms with E-state index in [9.17, 15) is 20.2 Å². The zero-order valence-electron chi connectivity index (χ0n) is 35.4. The highest BCUT2D eigenvalue weighted by Gasteiger charge is 2.38. The van der Waals surface area contributed by atoms with E-state index >= 15 is 0 Å². The summed E-state index contributed by atoms with van der Waals surface area (Å²) in [6.07, 6.45) is 30.0. The van der Waals surface area contributed by atoms with E-state index in [4.69, 9.17) is 9.47 Å². The third-order valence-corrected chi connectivity index (χ3v) is 13.5. The van der Waals surface area contributed by atoms with Gasteiger partial charge in [-0.1, -0.05) is 147 Å². The van der Waals surface area contributed by atoms with Crippen molar-refractivity contribution in [3.05, 3.63) is 128 Å². The van der Waals surface area contributed by atoms with Gasteiger partial charge in [-0.25, -0.2) is 0 Å². The molecule has 4 aromatic carbocycles. The molecule has 0 aromatic heterocycles. The maximum atomic E-state index is 11.1. The van der Waals surface area contributed by atoms with Crippen molar-refractivity contribution in [2.24, 2.45) is 17.8 Å². The van der Waals surface area contributed by atoms with Gasteiger partial charge in [-0.15, -0.1) is 0 Å². The van der Waals surface area contributed by atoms with Gasteiger partial charge in [0, 0.05) is 29.7 Å². The van der Waals surface area contributed by atoms with E-state index in [1.54, 1.807) is 24.3 Å². The number of benzene rings is 4. The van der Waals surface area contributed by atoms with Crippen molar-refractivity contribution in [2.75, 3.05) is 0 Å². The second kappa shape index (κ2) is 22.6. The van der Waals surface area contributed by atoms with Gasteiger partial charge >= 0.3 is 0 Å². The first-order valence-corrected chi connectivity index (χ1v) is 22.9. The monoisotopic (exact) mass is 802 g/mol. The molecule has 2 fully saturated rings. The van der Waals surface area contributed by atoms with Crippen molar-refractivity contribution in [1.82, 2.24) is 0 Å². The van der Waals surface area contributed by atoms with Crippen LogP contribution in [0.15, 0.2) is 97.1 Å². The zero-order chi connectivity index (χ0) is 41.3. The fourth-order valence-corrected chi connectivity index (χ4v) is 9.81. The summed E-state index contributed by atoms with van der Waals surface area (Å²) < 4.78 is 12.2. The Hall–Kier alpha value is -4.72. The first-order chi connectivity index (χ1) is 28.8. The molecule has 0 N–H and O–H groups in total. The van der Waals surface area contributed by atoms with Crippen LogP contribution in [-0.2, 0) is 5.41 Å². The van der Waals surface area contributed by atoms with Crippen LogP contribution in [0.4, 0.5) is 11.4 Å². The smallest absolute Gasteiger partial charge is 0.269 e. The standard InChI is InChI=1S/C51H66N2O6/c1-2-3-4-5-6-7-8-9-10-11-12-13-40-14-16-41(17-15-40)18-19-42-36-38-51(39-37-42,43-20-28-47(29-21-43)58-49-32-24-45(25-33-49)52(54)55)44-22-30-48(31-23-44)59-50-34-26-46(27-35-50)53(56)57/h20-35,40-42H,2-19,36-39H2,1H3/t40-,41-. The Morgan fingerprint density at radius 1 is 0.458 bits per heavy atom. The predicted octanol–water partition coefficient (Wildman–Crippen LogP) is 15.9. The summed E-state index contributed by atoms with van der Waals surface area (Å²) >= 11 is 0. The Morgan fingerprint density at radius 2 is 0.780 bits per heavy atom. The van der Waals surface area contributed by atoms with Crippen LogP contribution in [0.3, 0.4) is 0 Å². The molecular weight excluding hydrogens is 737 g/mol. The van der Waals surface area contributed by atoms with E-state index in [2.05, 4.69) is 31.2 Å². The first kappa shape index (κ1) is 43.8. The molecule has 0 heterocycles.